The first-order valence-electron chi connectivity index (χ1n) is 10.4. The van der Waals surface area contributed by atoms with Gasteiger partial charge in [-0.25, -0.2) is 14.8 Å². The SMILES string of the molecule is CCc1cc(C)cc(-c2ccc3c(n2)N(C(=O)Nc2cnccn2)[C@H]2CCN3C2)c1. The number of urea groups is 1. The Morgan fingerprint density at radius 2 is 2.13 bits per heavy atom. The standard InChI is InChI=1S/C23H24N6O/c1-3-16-10-15(2)11-17(12-16)19-4-5-20-22(26-19)29(18-6-9-28(20)14-18)23(30)27-21-13-24-7-8-25-21/h4-5,7-8,10-13,18H,3,6,9,14H2,1-2H3,(H,25,27,30)/t18-/m0/s1. The minimum atomic E-state index is -0.216. The summed E-state index contributed by atoms with van der Waals surface area (Å²) in [5.41, 5.74) is 5.46. The second-order valence-corrected chi connectivity index (χ2v) is 7.88. The Labute approximate surface area is 175 Å². The number of carbonyl (C=O) groups excluding carboxylic acids is 1. The molecule has 1 saturated heterocycles. The maximum Gasteiger partial charge on any atom is 0.329 e. The predicted molar refractivity (Wildman–Crippen MR) is 118 cm³/mol. The summed E-state index contributed by atoms with van der Waals surface area (Å²) in [6.45, 7) is 6.01. The molecule has 2 amide bonds. The molecule has 152 valence electrons. The second kappa shape index (κ2) is 7.40. The topological polar surface area (TPSA) is 74.2 Å². The average Bonchev–Trinajstić information content (AvgIpc) is 3.18. The molecule has 1 aromatic carbocycles. The Morgan fingerprint density at radius 3 is 2.93 bits per heavy atom. The molecule has 2 aromatic heterocycles. The van der Waals surface area contributed by atoms with Crippen LogP contribution in [0.5, 0.6) is 0 Å². The third kappa shape index (κ3) is 3.26. The van der Waals surface area contributed by atoms with E-state index in [0.717, 1.165) is 42.9 Å². The normalized spacial score (nSPS) is 17.1. The van der Waals surface area contributed by atoms with Gasteiger partial charge in [0.05, 0.1) is 23.6 Å². The summed E-state index contributed by atoms with van der Waals surface area (Å²) in [4.78, 5) is 30.5. The number of nitrogens with one attached hydrogen (secondary N) is 1. The molecule has 0 aliphatic carbocycles. The smallest absolute Gasteiger partial charge is 0.329 e. The molecule has 3 aromatic rings. The summed E-state index contributed by atoms with van der Waals surface area (Å²) in [7, 11) is 0. The van der Waals surface area contributed by atoms with Crippen LogP contribution < -0.4 is 15.1 Å². The van der Waals surface area contributed by atoms with Gasteiger partial charge >= 0.3 is 6.03 Å². The lowest BCUT2D eigenvalue weighted by Gasteiger charge is -2.35. The summed E-state index contributed by atoms with van der Waals surface area (Å²) in [6.07, 6.45) is 6.59. The van der Waals surface area contributed by atoms with Gasteiger partial charge in [-0.1, -0.05) is 18.6 Å². The monoisotopic (exact) mass is 400 g/mol. The van der Waals surface area contributed by atoms with Gasteiger partial charge in [0.25, 0.3) is 0 Å². The molecule has 1 N–H and O–H groups in total. The van der Waals surface area contributed by atoms with Crippen molar-refractivity contribution in [3.63, 3.8) is 0 Å². The fourth-order valence-electron chi connectivity index (χ4n) is 4.38. The van der Waals surface area contributed by atoms with Gasteiger partial charge in [-0.2, -0.15) is 0 Å². The number of carbonyl (C=O) groups is 1. The number of fused-ring (bicyclic) bond motifs is 4. The van der Waals surface area contributed by atoms with Crippen LogP contribution in [0, 0.1) is 6.92 Å². The maximum atomic E-state index is 13.2. The molecule has 2 aliphatic rings. The Kier molecular flexibility index (Phi) is 4.58. The van der Waals surface area contributed by atoms with Crippen molar-refractivity contribution in [2.75, 3.05) is 28.2 Å². The van der Waals surface area contributed by atoms with Crippen molar-refractivity contribution in [3.05, 3.63) is 60.0 Å². The Balaban J connectivity index is 1.55. The molecule has 0 radical (unpaired) electrons. The molecule has 1 fully saturated rings. The van der Waals surface area contributed by atoms with Crippen molar-refractivity contribution < 1.29 is 4.79 Å². The molecule has 2 aliphatic heterocycles. The fraction of sp³-hybridized carbons (Fsp3) is 0.304. The first kappa shape index (κ1) is 18.5. The molecule has 7 heteroatoms. The van der Waals surface area contributed by atoms with Gasteiger partial charge in [-0.15, -0.1) is 0 Å². The third-order valence-corrected chi connectivity index (χ3v) is 5.81. The number of pyridine rings is 1. The molecule has 7 nitrogen and oxygen atoms in total. The highest BCUT2D eigenvalue weighted by atomic mass is 16.2. The number of rotatable bonds is 3. The van der Waals surface area contributed by atoms with Gasteiger partial charge in [0.2, 0.25) is 0 Å². The molecular weight excluding hydrogens is 376 g/mol. The van der Waals surface area contributed by atoms with Gasteiger partial charge in [0.15, 0.2) is 11.6 Å². The molecule has 0 saturated carbocycles. The van der Waals surface area contributed by atoms with E-state index in [9.17, 15) is 4.79 Å². The first-order valence-corrected chi connectivity index (χ1v) is 10.4. The van der Waals surface area contributed by atoms with E-state index in [1.54, 1.807) is 23.5 Å². The zero-order valence-corrected chi connectivity index (χ0v) is 17.2. The lowest BCUT2D eigenvalue weighted by molar-refractivity contribution is 0.254. The number of benzene rings is 1. The van der Waals surface area contributed by atoms with Crippen LogP contribution in [0.3, 0.4) is 0 Å². The summed E-state index contributed by atoms with van der Waals surface area (Å²) in [6, 6.07) is 10.6. The molecule has 30 heavy (non-hydrogen) atoms. The van der Waals surface area contributed by atoms with Crippen molar-refractivity contribution in [2.45, 2.75) is 32.7 Å². The van der Waals surface area contributed by atoms with Crippen LogP contribution in [0.2, 0.25) is 0 Å². The number of nitrogens with zero attached hydrogens (tertiary/aromatic N) is 5. The van der Waals surface area contributed by atoms with Gasteiger partial charge in [-0.05, 0) is 49.6 Å². The lowest BCUT2D eigenvalue weighted by Crippen LogP contribution is -2.48. The van der Waals surface area contributed by atoms with E-state index in [2.05, 4.69) is 64.4 Å². The fourth-order valence-corrected chi connectivity index (χ4v) is 4.38. The molecule has 4 heterocycles. The van der Waals surface area contributed by atoms with Crippen molar-refractivity contribution in [2.24, 2.45) is 0 Å². The van der Waals surface area contributed by atoms with E-state index in [-0.39, 0.29) is 12.1 Å². The van der Waals surface area contributed by atoms with Crippen LogP contribution in [0.1, 0.15) is 24.5 Å². The van der Waals surface area contributed by atoms with E-state index in [1.807, 2.05) is 0 Å². The number of aryl methyl sites for hydroxylation is 2. The molecule has 5 rings (SSSR count). The van der Waals surface area contributed by atoms with E-state index in [0.29, 0.717) is 11.6 Å². The van der Waals surface area contributed by atoms with Crippen LogP contribution in [0.4, 0.5) is 22.1 Å². The summed E-state index contributed by atoms with van der Waals surface area (Å²) < 4.78 is 0. The first-order chi connectivity index (χ1) is 14.6. The number of hydrogen-bond donors (Lipinski definition) is 1. The maximum absolute atomic E-state index is 13.2. The largest absolute Gasteiger partial charge is 0.366 e. The van der Waals surface area contributed by atoms with Gasteiger partial charge in [0, 0.05) is 31.0 Å². The highest BCUT2D eigenvalue weighted by Gasteiger charge is 2.40. The van der Waals surface area contributed by atoms with Crippen molar-refractivity contribution >= 4 is 23.4 Å². The highest BCUT2D eigenvalue weighted by molar-refractivity contribution is 6.04. The zero-order chi connectivity index (χ0) is 20.7. The van der Waals surface area contributed by atoms with Crippen molar-refractivity contribution in [1.29, 1.82) is 0 Å². The quantitative estimate of drug-likeness (QED) is 0.718. The Morgan fingerprint density at radius 1 is 1.23 bits per heavy atom. The van der Waals surface area contributed by atoms with Crippen LogP contribution in [0.25, 0.3) is 11.3 Å². The van der Waals surface area contributed by atoms with Gasteiger partial charge in [0.1, 0.15) is 0 Å². The predicted octanol–water partition coefficient (Wildman–Crippen LogP) is 4.04. The van der Waals surface area contributed by atoms with Crippen molar-refractivity contribution in [3.8, 4) is 11.3 Å². The third-order valence-electron chi connectivity index (χ3n) is 5.81. The van der Waals surface area contributed by atoms with Crippen LogP contribution >= 0.6 is 0 Å². The van der Waals surface area contributed by atoms with Gasteiger partial charge in [-0.3, -0.25) is 15.2 Å². The molecule has 2 bridgehead atoms. The minimum absolute atomic E-state index is 0.0978. The number of aromatic nitrogens is 3. The van der Waals surface area contributed by atoms with E-state index >= 15 is 0 Å². The van der Waals surface area contributed by atoms with Crippen LogP contribution in [-0.4, -0.2) is 40.1 Å². The summed E-state index contributed by atoms with van der Waals surface area (Å²) >= 11 is 0. The zero-order valence-electron chi connectivity index (χ0n) is 17.2. The summed E-state index contributed by atoms with van der Waals surface area (Å²) in [5, 5.41) is 2.88. The number of hydrogen-bond acceptors (Lipinski definition) is 5. The molecule has 1 atom stereocenters. The van der Waals surface area contributed by atoms with E-state index in [4.69, 9.17) is 4.98 Å². The van der Waals surface area contributed by atoms with Crippen molar-refractivity contribution in [1.82, 2.24) is 15.0 Å². The Hall–Kier alpha value is -3.48. The van der Waals surface area contributed by atoms with Crippen LogP contribution in [-0.2, 0) is 6.42 Å². The second-order valence-electron chi connectivity index (χ2n) is 7.88. The van der Waals surface area contributed by atoms with Gasteiger partial charge < -0.3 is 4.90 Å². The number of anilines is 3. The molecule has 0 unspecified atom stereocenters. The highest BCUT2D eigenvalue weighted by Crippen LogP contribution is 2.40. The average molecular weight is 400 g/mol. The Bertz CT molecular complexity index is 1100. The molecular formula is C23H24N6O. The van der Waals surface area contributed by atoms with E-state index in [1.165, 1.54) is 11.1 Å². The van der Waals surface area contributed by atoms with E-state index < -0.39 is 0 Å². The minimum Gasteiger partial charge on any atom is -0.366 e. The van der Waals surface area contributed by atoms with Crippen LogP contribution in [0.15, 0.2) is 48.9 Å². The summed E-state index contributed by atoms with van der Waals surface area (Å²) in [5.74, 6) is 1.15. The number of amides is 2. The lowest BCUT2D eigenvalue weighted by atomic mass is 10.0. The molecule has 0 spiro atoms.